The van der Waals surface area contributed by atoms with Crippen molar-refractivity contribution in [2.45, 2.75) is 120 Å². The molecule has 0 saturated heterocycles. The summed E-state index contributed by atoms with van der Waals surface area (Å²) in [4.78, 5) is 48.4. The quantitative estimate of drug-likeness (QED) is 0.0392. The van der Waals surface area contributed by atoms with Crippen LogP contribution in [0.25, 0.3) is 0 Å². The Morgan fingerprint density at radius 3 is 2.23 bits per heavy atom. The fourth-order valence-corrected chi connectivity index (χ4v) is 6.93. The van der Waals surface area contributed by atoms with Crippen molar-refractivity contribution in [2.75, 3.05) is 26.3 Å². The van der Waals surface area contributed by atoms with Crippen molar-refractivity contribution >= 4 is 58.2 Å². The summed E-state index contributed by atoms with van der Waals surface area (Å²) in [6.07, 6.45) is 3.80. The van der Waals surface area contributed by atoms with E-state index in [-0.39, 0.29) is 48.8 Å². The number of carbonyl (C=O) groups is 4. The lowest BCUT2D eigenvalue weighted by molar-refractivity contribution is -0.128. The van der Waals surface area contributed by atoms with Crippen LogP contribution < -0.4 is 33.0 Å². The van der Waals surface area contributed by atoms with Crippen LogP contribution >= 0.6 is 34.4 Å². The average molecular weight is 759 g/mol. The van der Waals surface area contributed by atoms with Crippen LogP contribution in [-0.2, 0) is 23.9 Å². The second-order valence-corrected chi connectivity index (χ2v) is 16.6. The zero-order chi connectivity index (χ0) is 34.1. The summed E-state index contributed by atoms with van der Waals surface area (Å²) in [6, 6.07) is -0.801. The first-order valence-corrected chi connectivity index (χ1v) is 17.6. The molecule has 12 nitrogen and oxygen atoms in total. The van der Waals surface area contributed by atoms with Gasteiger partial charge in [0.25, 0.3) is 5.91 Å². The van der Waals surface area contributed by atoms with Crippen LogP contribution in [0.1, 0.15) is 94.4 Å². The van der Waals surface area contributed by atoms with Gasteiger partial charge < -0.3 is 31.6 Å². The molecule has 0 aromatic carbocycles. The molecule has 6 unspecified atom stereocenters. The zero-order valence-electron chi connectivity index (χ0n) is 28.2. The Bertz CT molecular complexity index is 900. The van der Waals surface area contributed by atoms with Crippen LogP contribution in [0.2, 0.25) is 0 Å². The van der Waals surface area contributed by atoms with Crippen LogP contribution in [0, 0.1) is 17.8 Å². The molecule has 0 spiro atoms. The fraction of sp³-hybridized carbons (Fsp3) is 0.867. The third-order valence-corrected chi connectivity index (χ3v) is 10.2. The van der Waals surface area contributed by atoms with Crippen LogP contribution in [0.15, 0.2) is 0 Å². The molecule has 0 aliphatic heterocycles. The highest BCUT2D eigenvalue weighted by Gasteiger charge is 2.33. The van der Waals surface area contributed by atoms with E-state index in [1.807, 2.05) is 27.7 Å². The molecule has 0 rings (SSSR count). The fourth-order valence-electron chi connectivity index (χ4n) is 4.49. The SMILES string of the molecule is CCCC[C@](C)(COC(=O)NC(C)C(C)C(C)CC)S[C@@H](C)C(N)C(=O)NNCCOC(C)(I)CC(C)C(=O)NCC(N)=O. The van der Waals surface area contributed by atoms with E-state index >= 15 is 0 Å². The van der Waals surface area contributed by atoms with Crippen molar-refractivity contribution in [1.82, 2.24) is 21.5 Å². The molecule has 4 amide bonds. The summed E-state index contributed by atoms with van der Waals surface area (Å²) in [6.45, 7) is 18.7. The molecule has 0 aromatic rings. The molecule has 0 aliphatic rings. The molecule has 0 radical (unpaired) electrons. The summed E-state index contributed by atoms with van der Waals surface area (Å²) < 4.78 is 10.5. The van der Waals surface area contributed by atoms with E-state index in [0.717, 1.165) is 25.7 Å². The number of alkyl carbamates (subject to hydrolysis) is 1. The molecule has 8 N–H and O–H groups in total. The third-order valence-electron chi connectivity index (χ3n) is 7.92. The number of nitrogens with two attached hydrogens (primary N) is 2. The van der Waals surface area contributed by atoms with E-state index in [4.69, 9.17) is 20.9 Å². The van der Waals surface area contributed by atoms with Gasteiger partial charge in [-0.15, -0.1) is 11.8 Å². The Kier molecular flexibility index (Phi) is 20.8. The molecule has 0 heterocycles. The largest absolute Gasteiger partial charge is 0.448 e. The number of unbranched alkanes of at least 4 members (excludes halogenated alkanes) is 1. The maximum absolute atomic E-state index is 12.8. The van der Waals surface area contributed by atoms with E-state index in [1.165, 1.54) is 0 Å². The summed E-state index contributed by atoms with van der Waals surface area (Å²) in [5, 5.41) is 5.22. The number of rotatable bonds is 23. The van der Waals surface area contributed by atoms with E-state index in [2.05, 4.69) is 71.8 Å². The Labute approximate surface area is 282 Å². The van der Waals surface area contributed by atoms with Crippen LogP contribution in [0.4, 0.5) is 4.79 Å². The maximum atomic E-state index is 12.8. The van der Waals surface area contributed by atoms with Crippen LogP contribution in [0.3, 0.4) is 0 Å². The second-order valence-electron chi connectivity index (χ2n) is 12.3. The molecule has 14 heteroatoms. The monoisotopic (exact) mass is 758 g/mol. The number of amides is 4. The van der Waals surface area contributed by atoms with Gasteiger partial charge in [-0.05, 0) is 68.0 Å². The number of hydrogen-bond donors (Lipinski definition) is 6. The Morgan fingerprint density at radius 1 is 1.02 bits per heavy atom. The molecule has 44 heavy (non-hydrogen) atoms. The minimum absolute atomic E-state index is 0.00356. The molecule has 8 atom stereocenters. The molecular formula is C30H59IN6O6S. The van der Waals surface area contributed by atoms with Gasteiger partial charge in [0.05, 0.1) is 19.2 Å². The van der Waals surface area contributed by atoms with Gasteiger partial charge in [0, 0.05) is 28.5 Å². The lowest BCUT2D eigenvalue weighted by atomic mass is 9.88. The van der Waals surface area contributed by atoms with E-state index in [0.29, 0.717) is 24.8 Å². The molecule has 0 fully saturated rings. The number of carbonyl (C=O) groups excluding carboxylic acids is 4. The summed E-state index contributed by atoms with van der Waals surface area (Å²) in [7, 11) is 0. The summed E-state index contributed by atoms with van der Waals surface area (Å²) >= 11 is 3.68. The topological polar surface area (TPSA) is 187 Å². The van der Waals surface area contributed by atoms with Gasteiger partial charge in [-0.2, -0.15) is 0 Å². The normalized spacial score (nSPS) is 18.3. The first-order valence-electron chi connectivity index (χ1n) is 15.7. The molecule has 0 bridgehead atoms. The molecular weight excluding hydrogens is 699 g/mol. The van der Waals surface area contributed by atoms with Gasteiger partial charge in [-0.3, -0.25) is 19.8 Å². The minimum Gasteiger partial charge on any atom is -0.448 e. The zero-order valence-corrected chi connectivity index (χ0v) is 31.2. The highest BCUT2D eigenvalue weighted by Crippen LogP contribution is 2.35. The number of ether oxygens (including phenoxy) is 2. The second kappa shape index (κ2) is 21.4. The van der Waals surface area contributed by atoms with Gasteiger partial charge >= 0.3 is 6.09 Å². The Balaban J connectivity index is 4.76. The van der Waals surface area contributed by atoms with Crippen LogP contribution in [0.5, 0.6) is 0 Å². The highest BCUT2D eigenvalue weighted by atomic mass is 127. The Morgan fingerprint density at radius 2 is 1.66 bits per heavy atom. The smallest absolute Gasteiger partial charge is 0.407 e. The predicted molar refractivity (Wildman–Crippen MR) is 186 cm³/mol. The lowest BCUT2D eigenvalue weighted by Crippen LogP contribution is -2.52. The average Bonchev–Trinajstić information content (AvgIpc) is 2.95. The molecule has 0 aliphatic carbocycles. The van der Waals surface area contributed by atoms with Crippen LogP contribution in [-0.4, -0.2) is 75.8 Å². The molecule has 0 saturated carbocycles. The Hall–Kier alpha value is -1.36. The van der Waals surface area contributed by atoms with Crippen molar-refractivity contribution < 1.29 is 28.7 Å². The van der Waals surface area contributed by atoms with Gasteiger partial charge in [0.1, 0.15) is 10.2 Å². The summed E-state index contributed by atoms with van der Waals surface area (Å²) in [5.74, 6) is -0.798. The molecule has 258 valence electrons. The minimum atomic E-state index is -0.797. The van der Waals surface area contributed by atoms with Crippen molar-refractivity contribution in [2.24, 2.45) is 29.2 Å². The van der Waals surface area contributed by atoms with Gasteiger partial charge in [-0.1, -0.05) is 60.8 Å². The number of primary amides is 1. The highest BCUT2D eigenvalue weighted by molar-refractivity contribution is 14.1. The van der Waals surface area contributed by atoms with E-state index in [1.54, 1.807) is 18.7 Å². The van der Waals surface area contributed by atoms with Crippen molar-refractivity contribution in [3.05, 3.63) is 0 Å². The number of nitrogens with one attached hydrogen (secondary N) is 4. The van der Waals surface area contributed by atoms with E-state index in [9.17, 15) is 19.2 Å². The maximum Gasteiger partial charge on any atom is 0.407 e. The third kappa shape index (κ3) is 18.0. The van der Waals surface area contributed by atoms with Gasteiger partial charge in [0.2, 0.25) is 11.8 Å². The first kappa shape index (κ1) is 42.6. The van der Waals surface area contributed by atoms with Gasteiger partial charge in [0.15, 0.2) is 0 Å². The predicted octanol–water partition coefficient (Wildman–Crippen LogP) is 3.60. The first-order chi connectivity index (χ1) is 20.4. The number of thioether (sulfide) groups is 1. The number of hydrazine groups is 1. The lowest BCUT2D eigenvalue weighted by Gasteiger charge is -2.33. The number of hydrogen-bond acceptors (Lipinski definition) is 9. The summed E-state index contributed by atoms with van der Waals surface area (Å²) in [5.41, 5.74) is 16.9. The van der Waals surface area contributed by atoms with Crippen molar-refractivity contribution in [3.63, 3.8) is 0 Å². The standard InChI is InChI=1S/C30H59IN6O6S/c1-10-12-13-29(8,18-42-28(41)36-22(6)21(5)19(3)11-2)44-23(7)25(33)27(40)37-35-14-15-43-30(9,31)16-20(4)26(39)34-17-24(32)38/h19-23,25,35H,10-18,33H2,1-9H3,(H2,32,38)(H,34,39)(H,36,41)(H,37,40)/t19?,20?,21?,22?,23-,25?,29+,30?/m0/s1. The van der Waals surface area contributed by atoms with Gasteiger partial charge in [-0.25, -0.2) is 10.2 Å². The number of alkyl halides is 1. The number of halogens is 1. The van der Waals surface area contributed by atoms with Crippen molar-refractivity contribution in [3.8, 4) is 0 Å². The van der Waals surface area contributed by atoms with Crippen molar-refractivity contribution in [1.29, 1.82) is 0 Å². The molecule has 0 aromatic heterocycles. The van der Waals surface area contributed by atoms with E-state index < -0.39 is 26.4 Å².